The highest BCUT2D eigenvalue weighted by molar-refractivity contribution is 5.92. The summed E-state index contributed by atoms with van der Waals surface area (Å²) in [5.41, 5.74) is 0.466. The molecule has 6 heteroatoms. The average Bonchev–Trinajstić information content (AvgIpc) is 2.56. The molecule has 0 bridgehead atoms. The van der Waals surface area contributed by atoms with Crippen LogP contribution >= 0.6 is 0 Å². The van der Waals surface area contributed by atoms with E-state index in [-0.39, 0.29) is 18.0 Å². The number of unbranched alkanes of at least 4 members (excludes halogenated alkanes) is 1. The predicted octanol–water partition coefficient (Wildman–Crippen LogP) is 2.21. The fraction of sp³-hybridized carbons (Fsp3) is 0.562. The smallest absolute Gasteiger partial charge is 0.407 e. The molecule has 1 fully saturated rings. The fourth-order valence-corrected chi connectivity index (χ4v) is 2.40. The van der Waals surface area contributed by atoms with E-state index in [0.29, 0.717) is 25.4 Å². The Kier molecular flexibility index (Phi) is 6.18. The second kappa shape index (κ2) is 8.36. The lowest BCUT2D eigenvalue weighted by Crippen LogP contribution is -2.46. The van der Waals surface area contributed by atoms with E-state index < -0.39 is 0 Å². The van der Waals surface area contributed by atoms with Crippen LogP contribution in [0.25, 0.3) is 0 Å². The Morgan fingerprint density at radius 2 is 2.14 bits per heavy atom. The van der Waals surface area contributed by atoms with Crippen molar-refractivity contribution in [2.75, 3.05) is 19.7 Å². The molecule has 0 saturated carbocycles. The molecule has 6 nitrogen and oxygen atoms in total. The van der Waals surface area contributed by atoms with Gasteiger partial charge < -0.3 is 15.0 Å². The minimum Gasteiger partial charge on any atom is -0.450 e. The van der Waals surface area contributed by atoms with Gasteiger partial charge in [-0.15, -0.1) is 0 Å². The number of hydrogen-bond acceptors (Lipinski definition) is 4. The van der Waals surface area contributed by atoms with Crippen molar-refractivity contribution in [2.45, 2.75) is 38.6 Å². The molecule has 0 radical (unpaired) electrons. The van der Waals surface area contributed by atoms with Crippen molar-refractivity contribution in [3.8, 4) is 0 Å². The van der Waals surface area contributed by atoms with Gasteiger partial charge in [-0.2, -0.15) is 0 Å². The lowest BCUT2D eigenvalue weighted by Gasteiger charge is -2.31. The van der Waals surface area contributed by atoms with Gasteiger partial charge in [0.15, 0.2) is 0 Å². The molecule has 22 heavy (non-hydrogen) atoms. The largest absolute Gasteiger partial charge is 0.450 e. The van der Waals surface area contributed by atoms with E-state index in [1.54, 1.807) is 29.3 Å². The molecule has 1 N–H and O–H groups in total. The number of nitrogens with zero attached hydrogens (tertiary/aromatic N) is 2. The lowest BCUT2D eigenvalue weighted by atomic mass is 10.0. The topological polar surface area (TPSA) is 71.5 Å². The van der Waals surface area contributed by atoms with E-state index in [9.17, 15) is 9.59 Å². The zero-order valence-corrected chi connectivity index (χ0v) is 13.0. The Morgan fingerprint density at radius 3 is 2.77 bits per heavy atom. The average molecular weight is 305 g/mol. The number of hydrogen-bond donors (Lipinski definition) is 1. The number of piperidine rings is 1. The number of likely N-dealkylation sites (tertiary alicyclic amines) is 1. The van der Waals surface area contributed by atoms with Crippen molar-refractivity contribution < 1.29 is 14.3 Å². The molecule has 0 aromatic carbocycles. The normalized spacial score (nSPS) is 15.4. The molecule has 0 atom stereocenters. The van der Waals surface area contributed by atoms with E-state index in [2.05, 4.69) is 17.2 Å². The Labute approximate surface area is 130 Å². The lowest BCUT2D eigenvalue weighted by molar-refractivity contribution is 0.0696. The Morgan fingerprint density at radius 1 is 1.36 bits per heavy atom. The van der Waals surface area contributed by atoms with Crippen LogP contribution in [0.2, 0.25) is 0 Å². The fourth-order valence-electron chi connectivity index (χ4n) is 2.40. The molecule has 1 aliphatic rings. The minimum atomic E-state index is -0.358. The summed E-state index contributed by atoms with van der Waals surface area (Å²) in [4.78, 5) is 29.7. The van der Waals surface area contributed by atoms with Gasteiger partial charge in [0.25, 0.3) is 5.91 Å². The Bertz CT molecular complexity index is 485. The Hall–Kier alpha value is -2.11. The predicted molar refractivity (Wildman–Crippen MR) is 82.6 cm³/mol. The third-order valence-electron chi connectivity index (χ3n) is 3.72. The van der Waals surface area contributed by atoms with E-state index >= 15 is 0 Å². The van der Waals surface area contributed by atoms with Crippen molar-refractivity contribution in [3.63, 3.8) is 0 Å². The SMILES string of the molecule is CCCCOC(=O)NC1CCN(C(=O)c2ccccn2)CC1. The van der Waals surface area contributed by atoms with Crippen LogP contribution in [0, 0.1) is 0 Å². The van der Waals surface area contributed by atoms with Gasteiger partial charge in [0.1, 0.15) is 5.69 Å². The number of pyridine rings is 1. The van der Waals surface area contributed by atoms with Gasteiger partial charge in [-0.05, 0) is 31.4 Å². The number of alkyl carbamates (subject to hydrolysis) is 1. The summed E-state index contributed by atoms with van der Waals surface area (Å²) >= 11 is 0. The van der Waals surface area contributed by atoms with Crippen molar-refractivity contribution >= 4 is 12.0 Å². The summed E-state index contributed by atoms with van der Waals surface area (Å²) < 4.78 is 5.09. The number of carbonyl (C=O) groups is 2. The third-order valence-corrected chi connectivity index (χ3v) is 3.72. The van der Waals surface area contributed by atoms with Crippen molar-refractivity contribution in [1.29, 1.82) is 0 Å². The highest BCUT2D eigenvalue weighted by Gasteiger charge is 2.25. The molecule has 2 rings (SSSR count). The van der Waals surface area contributed by atoms with Crippen LogP contribution in [0.1, 0.15) is 43.1 Å². The van der Waals surface area contributed by atoms with Crippen LogP contribution < -0.4 is 5.32 Å². The van der Waals surface area contributed by atoms with E-state index in [1.165, 1.54) is 0 Å². The number of amides is 2. The number of nitrogens with one attached hydrogen (secondary N) is 1. The molecule has 120 valence electrons. The van der Waals surface area contributed by atoms with Crippen LogP contribution in [-0.4, -0.2) is 47.6 Å². The summed E-state index contributed by atoms with van der Waals surface area (Å²) in [7, 11) is 0. The number of carbonyl (C=O) groups excluding carboxylic acids is 2. The van der Waals surface area contributed by atoms with Gasteiger partial charge in [0.05, 0.1) is 6.61 Å². The monoisotopic (exact) mass is 305 g/mol. The summed E-state index contributed by atoms with van der Waals surface area (Å²) in [6.45, 7) is 3.75. The van der Waals surface area contributed by atoms with Gasteiger partial charge in [-0.25, -0.2) is 4.79 Å². The van der Waals surface area contributed by atoms with Gasteiger partial charge in [-0.3, -0.25) is 9.78 Å². The maximum atomic E-state index is 12.3. The first-order valence-electron chi connectivity index (χ1n) is 7.84. The molecular formula is C16H23N3O3. The second-order valence-electron chi connectivity index (χ2n) is 5.42. The van der Waals surface area contributed by atoms with Crippen LogP contribution in [0.15, 0.2) is 24.4 Å². The summed E-state index contributed by atoms with van der Waals surface area (Å²) in [5, 5.41) is 2.86. The number of ether oxygens (including phenoxy) is 1. The van der Waals surface area contributed by atoms with Crippen LogP contribution in [0.5, 0.6) is 0 Å². The highest BCUT2D eigenvalue weighted by Crippen LogP contribution is 2.13. The molecule has 1 aliphatic heterocycles. The maximum Gasteiger partial charge on any atom is 0.407 e. The van der Waals surface area contributed by atoms with Gasteiger partial charge in [0, 0.05) is 25.3 Å². The van der Waals surface area contributed by atoms with Crippen molar-refractivity contribution in [1.82, 2.24) is 15.2 Å². The van der Waals surface area contributed by atoms with Crippen LogP contribution in [-0.2, 0) is 4.74 Å². The van der Waals surface area contributed by atoms with E-state index in [4.69, 9.17) is 4.74 Å². The molecule has 0 spiro atoms. The maximum absolute atomic E-state index is 12.3. The number of rotatable bonds is 5. The molecule has 1 aromatic rings. The van der Waals surface area contributed by atoms with Crippen LogP contribution in [0.3, 0.4) is 0 Å². The first-order valence-corrected chi connectivity index (χ1v) is 7.84. The van der Waals surface area contributed by atoms with E-state index in [1.807, 2.05) is 0 Å². The molecule has 2 amide bonds. The first-order chi connectivity index (χ1) is 10.7. The van der Waals surface area contributed by atoms with Crippen molar-refractivity contribution in [2.24, 2.45) is 0 Å². The zero-order valence-electron chi connectivity index (χ0n) is 13.0. The van der Waals surface area contributed by atoms with Gasteiger partial charge >= 0.3 is 6.09 Å². The summed E-state index contributed by atoms with van der Waals surface area (Å²) in [5.74, 6) is -0.0513. The van der Waals surface area contributed by atoms with E-state index in [0.717, 1.165) is 25.7 Å². The van der Waals surface area contributed by atoms with Crippen LogP contribution in [0.4, 0.5) is 4.79 Å². The summed E-state index contributed by atoms with van der Waals surface area (Å²) in [6, 6.07) is 5.39. The second-order valence-corrected chi connectivity index (χ2v) is 5.42. The highest BCUT2D eigenvalue weighted by atomic mass is 16.5. The Balaban J connectivity index is 1.74. The molecule has 0 unspecified atom stereocenters. The standard InChI is InChI=1S/C16H23N3O3/c1-2-3-12-22-16(21)18-13-7-10-19(11-8-13)15(20)14-6-4-5-9-17-14/h4-6,9,13H,2-3,7-8,10-12H2,1H3,(H,18,21). The molecule has 0 aliphatic carbocycles. The molecule has 2 heterocycles. The third kappa shape index (κ3) is 4.72. The minimum absolute atomic E-state index is 0.0513. The number of aromatic nitrogens is 1. The van der Waals surface area contributed by atoms with Gasteiger partial charge in [-0.1, -0.05) is 19.4 Å². The first kappa shape index (κ1) is 16.3. The van der Waals surface area contributed by atoms with Crippen molar-refractivity contribution in [3.05, 3.63) is 30.1 Å². The molecule has 1 saturated heterocycles. The summed E-state index contributed by atoms with van der Waals surface area (Å²) in [6.07, 6.45) is 4.62. The molecule has 1 aromatic heterocycles. The quantitative estimate of drug-likeness (QED) is 0.847. The van der Waals surface area contributed by atoms with Gasteiger partial charge in [0.2, 0.25) is 0 Å². The molecular weight excluding hydrogens is 282 g/mol. The zero-order chi connectivity index (χ0) is 15.8.